The van der Waals surface area contributed by atoms with E-state index in [4.69, 9.17) is 15.2 Å². The van der Waals surface area contributed by atoms with Crippen molar-refractivity contribution >= 4 is 17.3 Å². The van der Waals surface area contributed by atoms with Gasteiger partial charge in [0.15, 0.2) is 0 Å². The fraction of sp³-hybridized carbons (Fsp3) is 0.188. The van der Waals surface area contributed by atoms with Crippen LogP contribution in [0, 0.1) is 0 Å². The Morgan fingerprint density at radius 2 is 1.86 bits per heavy atom. The molecule has 5 nitrogen and oxygen atoms in total. The lowest BCUT2D eigenvalue weighted by atomic mass is 10.1. The van der Waals surface area contributed by atoms with Crippen LogP contribution in [0.15, 0.2) is 42.5 Å². The quantitative estimate of drug-likeness (QED) is 0.877. The zero-order valence-electron chi connectivity index (χ0n) is 12.3. The molecule has 110 valence electrons. The van der Waals surface area contributed by atoms with Crippen LogP contribution >= 0.6 is 0 Å². The van der Waals surface area contributed by atoms with Gasteiger partial charge in [-0.1, -0.05) is 6.07 Å². The van der Waals surface area contributed by atoms with E-state index in [0.717, 1.165) is 5.69 Å². The number of anilines is 2. The highest BCUT2D eigenvalue weighted by atomic mass is 16.5. The minimum atomic E-state index is -0.201. The second kappa shape index (κ2) is 6.17. The molecule has 0 saturated heterocycles. The van der Waals surface area contributed by atoms with Crippen molar-refractivity contribution in [3.63, 3.8) is 0 Å². The molecule has 2 aromatic rings. The van der Waals surface area contributed by atoms with E-state index in [-0.39, 0.29) is 5.91 Å². The lowest BCUT2D eigenvalue weighted by Crippen LogP contribution is -2.26. The van der Waals surface area contributed by atoms with Crippen LogP contribution < -0.4 is 20.1 Å². The van der Waals surface area contributed by atoms with Crippen molar-refractivity contribution < 1.29 is 14.3 Å². The van der Waals surface area contributed by atoms with Crippen molar-refractivity contribution in [1.82, 2.24) is 0 Å². The molecule has 1 amide bonds. The van der Waals surface area contributed by atoms with Gasteiger partial charge in [0.1, 0.15) is 11.5 Å². The van der Waals surface area contributed by atoms with Gasteiger partial charge in [-0.2, -0.15) is 0 Å². The monoisotopic (exact) mass is 286 g/mol. The Hall–Kier alpha value is -2.69. The van der Waals surface area contributed by atoms with Gasteiger partial charge in [0.25, 0.3) is 5.91 Å². The zero-order chi connectivity index (χ0) is 15.4. The van der Waals surface area contributed by atoms with Gasteiger partial charge in [0.05, 0.1) is 19.8 Å². The van der Waals surface area contributed by atoms with E-state index in [2.05, 4.69) is 0 Å². The van der Waals surface area contributed by atoms with E-state index >= 15 is 0 Å². The number of nitrogen functional groups attached to an aromatic ring is 1. The van der Waals surface area contributed by atoms with Crippen LogP contribution in [-0.2, 0) is 0 Å². The lowest BCUT2D eigenvalue weighted by molar-refractivity contribution is 0.0990. The fourth-order valence-electron chi connectivity index (χ4n) is 2.01. The van der Waals surface area contributed by atoms with Crippen molar-refractivity contribution in [2.45, 2.75) is 0 Å². The number of amides is 1. The average molecular weight is 286 g/mol. The van der Waals surface area contributed by atoms with Gasteiger partial charge in [0.2, 0.25) is 0 Å². The van der Waals surface area contributed by atoms with Gasteiger partial charge in [-0.05, 0) is 30.3 Å². The molecule has 0 heterocycles. The minimum absolute atomic E-state index is 0.201. The largest absolute Gasteiger partial charge is 0.497 e. The van der Waals surface area contributed by atoms with Gasteiger partial charge in [-0.25, -0.2) is 0 Å². The first kappa shape index (κ1) is 14.7. The summed E-state index contributed by atoms with van der Waals surface area (Å²) in [5, 5.41) is 0. The predicted molar refractivity (Wildman–Crippen MR) is 83.1 cm³/mol. The summed E-state index contributed by atoms with van der Waals surface area (Å²) < 4.78 is 10.4. The van der Waals surface area contributed by atoms with Crippen LogP contribution in [0.4, 0.5) is 11.4 Å². The number of rotatable bonds is 4. The van der Waals surface area contributed by atoms with Crippen molar-refractivity contribution in [1.29, 1.82) is 0 Å². The summed E-state index contributed by atoms with van der Waals surface area (Å²) >= 11 is 0. The Labute approximate surface area is 123 Å². The van der Waals surface area contributed by atoms with E-state index in [1.54, 1.807) is 38.4 Å². The van der Waals surface area contributed by atoms with E-state index < -0.39 is 0 Å². The van der Waals surface area contributed by atoms with Crippen LogP contribution in [0.1, 0.15) is 10.4 Å². The lowest BCUT2D eigenvalue weighted by Gasteiger charge is -2.19. The highest BCUT2D eigenvalue weighted by Gasteiger charge is 2.18. The van der Waals surface area contributed by atoms with Crippen molar-refractivity contribution in [2.75, 3.05) is 31.9 Å². The van der Waals surface area contributed by atoms with Crippen LogP contribution in [0.5, 0.6) is 11.5 Å². The van der Waals surface area contributed by atoms with Crippen LogP contribution in [0.3, 0.4) is 0 Å². The number of carbonyl (C=O) groups excluding carboxylic acids is 1. The maximum atomic E-state index is 12.6. The molecule has 0 radical (unpaired) electrons. The molecule has 5 heteroatoms. The highest BCUT2D eigenvalue weighted by Crippen LogP contribution is 2.26. The number of hydrogen-bond donors (Lipinski definition) is 1. The molecule has 0 unspecified atom stereocenters. The molecule has 2 N–H and O–H groups in total. The fourth-order valence-corrected chi connectivity index (χ4v) is 2.01. The van der Waals surface area contributed by atoms with E-state index in [1.807, 2.05) is 18.2 Å². The van der Waals surface area contributed by atoms with E-state index in [1.165, 1.54) is 12.0 Å². The molecule has 0 fully saturated rings. The summed E-state index contributed by atoms with van der Waals surface area (Å²) in [6.45, 7) is 0. The molecule has 0 saturated carbocycles. The molecule has 0 atom stereocenters. The molecule has 0 aliphatic heterocycles. The SMILES string of the molecule is COc1cccc(N(C)C(=O)c2cc(N)ccc2OC)c1. The van der Waals surface area contributed by atoms with Crippen molar-refractivity contribution in [2.24, 2.45) is 0 Å². The predicted octanol–water partition coefficient (Wildman–Crippen LogP) is 2.56. The van der Waals surface area contributed by atoms with E-state index in [0.29, 0.717) is 22.7 Å². The second-order valence-electron chi connectivity index (χ2n) is 4.53. The Balaban J connectivity index is 2.36. The number of nitrogens with zero attached hydrogens (tertiary/aromatic N) is 1. The third kappa shape index (κ3) is 3.08. The first-order valence-corrected chi connectivity index (χ1v) is 6.42. The molecule has 0 aliphatic rings. The third-order valence-corrected chi connectivity index (χ3v) is 3.20. The molecule has 0 bridgehead atoms. The number of methoxy groups -OCH3 is 2. The molecule has 0 spiro atoms. The summed E-state index contributed by atoms with van der Waals surface area (Å²) in [6, 6.07) is 12.3. The maximum Gasteiger partial charge on any atom is 0.261 e. The number of hydrogen-bond acceptors (Lipinski definition) is 4. The molecule has 0 aromatic heterocycles. The van der Waals surface area contributed by atoms with Gasteiger partial charge < -0.3 is 20.1 Å². The van der Waals surface area contributed by atoms with Gasteiger partial charge in [-0.3, -0.25) is 4.79 Å². The average Bonchev–Trinajstić information content (AvgIpc) is 2.53. The normalized spacial score (nSPS) is 10.0. The smallest absolute Gasteiger partial charge is 0.261 e. The molecule has 0 aliphatic carbocycles. The van der Waals surface area contributed by atoms with Gasteiger partial charge in [0, 0.05) is 24.5 Å². The molecule has 21 heavy (non-hydrogen) atoms. The molecular weight excluding hydrogens is 268 g/mol. The Kier molecular flexibility index (Phi) is 4.33. The number of benzene rings is 2. The Morgan fingerprint density at radius 1 is 1.10 bits per heavy atom. The Morgan fingerprint density at radius 3 is 2.52 bits per heavy atom. The molecule has 2 aromatic carbocycles. The number of nitrogens with two attached hydrogens (primary N) is 1. The second-order valence-corrected chi connectivity index (χ2v) is 4.53. The summed E-state index contributed by atoms with van der Waals surface area (Å²) in [7, 11) is 4.80. The summed E-state index contributed by atoms with van der Waals surface area (Å²) in [5.41, 5.74) is 7.42. The number of carbonyl (C=O) groups is 1. The number of ether oxygens (including phenoxy) is 2. The first-order valence-electron chi connectivity index (χ1n) is 6.42. The molecule has 2 rings (SSSR count). The molecular formula is C16H18N2O3. The maximum absolute atomic E-state index is 12.6. The topological polar surface area (TPSA) is 64.8 Å². The summed E-state index contributed by atoms with van der Waals surface area (Å²) in [6.07, 6.45) is 0. The van der Waals surface area contributed by atoms with Crippen molar-refractivity contribution in [3.05, 3.63) is 48.0 Å². The van der Waals surface area contributed by atoms with Crippen LogP contribution in [-0.4, -0.2) is 27.2 Å². The van der Waals surface area contributed by atoms with Crippen LogP contribution in [0.25, 0.3) is 0 Å². The summed E-state index contributed by atoms with van der Waals surface area (Å²) in [4.78, 5) is 14.2. The van der Waals surface area contributed by atoms with Gasteiger partial charge >= 0.3 is 0 Å². The minimum Gasteiger partial charge on any atom is -0.497 e. The standard InChI is InChI=1S/C16H18N2O3/c1-18(12-5-4-6-13(10-12)20-2)16(19)14-9-11(17)7-8-15(14)21-3/h4-10H,17H2,1-3H3. The van der Waals surface area contributed by atoms with Gasteiger partial charge in [-0.15, -0.1) is 0 Å². The van der Waals surface area contributed by atoms with E-state index in [9.17, 15) is 4.79 Å². The first-order chi connectivity index (χ1) is 10.1. The van der Waals surface area contributed by atoms with Crippen molar-refractivity contribution in [3.8, 4) is 11.5 Å². The van der Waals surface area contributed by atoms with Crippen LogP contribution in [0.2, 0.25) is 0 Å². The third-order valence-electron chi connectivity index (χ3n) is 3.20. The zero-order valence-corrected chi connectivity index (χ0v) is 12.3. The Bertz CT molecular complexity index is 656. The summed E-state index contributed by atoms with van der Waals surface area (Å²) in [5.74, 6) is 0.975. The highest BCUT2D eigenvalue weighted by molar-refractivity contribution is 6.08.